The van der Waals surface area contributed by atoms with Gasteiger partial charge in [0.05, 0.1) is 5.52 Å². The van der Waals surface area contributed by atoms with Gasteiger partial charge in [0.25, 0.3) is 0 Å². The van der Waals surface area contributed by atoms with Gasteiger partial charge < -0.3 is 4.57 Å². The Labute approximate surface area is 264 Å². The Morgan fingerprint density at radius 1 is 0.489 bits per heavy atom. The van der Waals surface area contributed by atoms with Gasteiger partial charge in [0.15, 0.2) is 0 Å². The minimum Gasteiger partial charge on any atom is -0.335 e. The van der Waals surface area contributed by atoms with Crippen molar-refractivity contribution >= 4 is 54.1 Å². The van der Waals surface area contributed by atoms with Gasteiger partial charge in [-0.25, -0.2) is 0 Å². The van der Waals surface area contributed by atoms with Crippen LogP contribution in [0.1, 0.15) is 44.7 Å². The number of nitrogens with zero attached hydrogens (tertiary/aromatic N) is 1. The van der Waals surface area contributed by atoms with E-state index in [1.165, 1.54) is 102 Å². The van der Waals surface area contributed by atoms with Crippen LogP contribution in [-0.2, 0) is 18.4 Å². The van der Waals surface area contributed by atoms with Crippen LogP contribution in [0.2, 0.25) is 0 Å². The van der Waals surface area contributed by atoms with E-state index in [9.17, 15) is 0 Å². The summed E-state index contributed by atoms with van der Waals surface area (Å²) in [5.41, 5.74) is 10.9. The smallest absolute Gasteiger partial charge is 0.0576 e. The summed E-state index contributed by atoms with van der Waals surface area (Å²) in [6.45, 7) is 7.09. The maximum atomic E-state index is 2.64. The van der Waals surface area contributed by atoms with Crippen LogP contribution in [0, 0.1) is 0 Å². The average molecular weight is 580 g/mol. The molecule has 9 rings (SSSR count). The second-order valence-corrected chi connectivity index (χ2v) is 14.0. The summed E-state index contributed by atoms with van der Waals surface area (Å²) in [6.07, 6.45) is 4.97. The molecule has 0 N–H and O–H groups in total. The SMILES string of the molecule is CC(C)(C)n1c2cc3c(cc2c2cccc(-c4c5ccccc5c(-c5ccc6ccccc6c5)c5ccccc45)c21)CCCC3. The van der Waals surface area contributed by atoms with Crippen LogP contribution in [0.15, 0.2) is 121 Å². The monoisotopic (exact) mass is 579 g/mol. The molecular formula is C44H37N. The van der Waals surface area contributed by atoms with E-state index in [0.717, 1.165) is 0 Å². The lowest BCUT2D eigenvalue weighted by atomic mass is 9.85. The Morgan fingerprint density at radius 3 is 1.73 bits per heavy atom. The fraction of sp³-hybridized carbons (Fsp3) is 0.182. The van der Waals surface area contributed by atoms with Gasteiger partial charge in [-0.1, -0.05) is 103 Å². The highest BCUT2D eigenvalue weighted by Gasteiger charge is 2.26. The standard InChI is InChI=1S/C44H37N/c1-44(2,3)45-40-27-31-16-7-6-15-30(31)26-39(40)37-21-12-22-38(43(37)45)42-35-19-10-8-17-33(35)41(34-18-9-11-20-36(34)42)32-24-23-28-13-4-5-14-29(28)25-32/h4-5,8-14,17-27H,6-7,15-16H2,1-3H3. The van der Waals surface area contributed by atoms with Crippen LogP contribution in [0.5, 0.6) is 0 Å². The van der Waals surface area contributed by atoms with Crippen molar-refractivity contribution in [2.75, 3.05) is 0 Å². The molecule has 1 heteroatoms. The van der Waals surface area contributed by atoms with E-state index >= 15 is 0 Å². The molecule has 1 nitrogen and oxygen atoms in total. The molecule has 0 radical (unpaired) electrons. The fourth-order valence-electron chi connectivity index (χ4n) is 8.27. The number of hydrogen-bond acceptors (Lipinski definition) is 0. The van der Waals surface area contributed by atoms with Crippen LogP contribution >= 0.6 is 0 Å². The molecule has 0 unspecified atom stereocenters. The van der Waals surface area contributed by atoms with Gasteiger partial charge in [0, 0.05) is 27.4 Å². The molecule has 0 amide bonds. The molecule has 0 bridgehead atoms. The second kappa shape index (κ2) is 9.81. The Balaban J connectivity index is 1.43. The van der Waals surface area contributed by atoms with Crippen molar-refractivity contribution in [2.24, 2.45) is 0 Å². The number of aryl methyl sites for hydroxylation is 2. The van der Waals surface area contributed by atoms with Crippen molar-refractivity contribution in [1.82, 2.24) is 4.57 Å². The highest BCUT2D eigenvalue weighted by Crippen LogP contribution is 2.48. The van der Waals surface area contributed by atoms with Crippen LogP contribution in [-0.4, -0.2) is 4.57 Å². The number of hydrogen-bond donors (Lipinski definition) is 0. The third kappa shape index (κ3) is 4.00. The van der Waals surface area contributed by atoms with Gasteiger partial charge in [-0.05, 0) is 125 Å². The zero-order chi connectivity index (χ0) is 30.3. The average Bonchev–Trinajstić information content (AvgIpc) is 3.40. The molecule has 7 aromatic carbocycles. The van der Waals surface area contributed by atoms with E-state index in [0.29, 0.717) is 0 Å². The summed E-state index contributed by atoms with van der Waals surface area (Å²) in [5, 5.41) is 10.5. The van der Waals surface area contributed by atoms with Crippen molar-refractivity contribution in [2.45, 2.75) is 52.0 Å². The zero-order valence-electron chi connectivity index (χ0n) is 26.3. The largest absolute Gasteiger partial charge is 0.335 e. The van der Waals surface area contributed by atoms with Crippen molar-refractivity contribution in [3.63, 3.8) is 0 Å². The second-order valence-electron chi connectivity index (χ2n) is 14.0. The Bertz CT molecular complexity index is 2410. The van der Waals surface area contributed by atoms with Crippen molar-refractivity contribution < 1.29 is 0 Å². The number of aromatic nitrogens is 1. The molecule has 0 saturated carbocycles. The van der Waals surface area contributed by atoms with Crippen LogP contribution in [0.4, 0.5) is 0 Å². The summed E-state index contributed by atoms with van der Waals surface area (Å²) in [4.78, 5) is 0. The summed E-state index contributed by atoms with van der Waals surface area (Å²) in [7, 11) is 0. The van der Waals surface area contributed by atoms with E-state index in [2.05, 4.69) is 147 Å². The molecule has 1 aliphatic rings. The normalized spacial score (nSPS) is 13.8. The first-order valence-electron chi connectivity index (χ1n) is 16.5. The molecule has 0 aliphatic heterocycles. The summed E-state index contributed by atoms with van der Waals surface area (Å²) < 4.78 is 2.64. The predicted octanol–water partition coefficient (Wildman–Crippen LogP) is 12.2. The van der Waals surface area contributed by atoms with Crippen molar-refractivity contribution in [3.8, 4) is 22.3 Å². The molecule has 0 fully saturated rings. The maximum absolute atomic E-state index is 2.64. The Morgan fingerprint density at radius 2 is 1.07 bits per heavy atom. The predicted molar refractivity (Wildman–Crippen MR) is 194 cm³/mol. The van der Waals surface area contributed by atoms with E-state index in [1.807, 2.05) is 0 Å². The third-order valence-corrected chi connectivity index (χ3v) is 10.2. The van der Waals surface area contributed by atoms with Gasteiger partial charge in [0.2, 0.25) is 0 Å². The molecule has 1 heterocycles. The molecular weight excluding hydrogens is 542 g/mol. The fourth-order valence-corrected chi connectivity index (χ4v) is 8.27. The van der Waals surface area contributed by atoms with Crippen LogP contribution < -0.4 is 0 Å². The molecule has 1 aliphatic carbocycles. The zero-order valence-corrected chi connectivity index (χ0v) is 26.3. The maximum Gasteiger partial charge on any atom is 0.0576 e. The first-order chi connectivity index (χ1) is 22.0. The number of benzene rings is 7. The topological polar surface area (TPSA) is 4.93 Å². The molecule has 8 aromatic rings. The molecule has 0 saturated heterocycles. The Hall–Kier alpha value is -4.88. The lowest BCUT2D eigenvalue weighted by Crippen LogP contribution is -2.21. The lowest BCUT2D eigenvalue weighted by molar-refractivity contribution is 0.423. The first kappa shape index (κ1) is 26.5. The first-order valence-corrected chi connectivity index (χ1v) is 16.5. The number of fused-ring (bicyclic) bond motifs is 7. The summed E-state index contributed by atoms with van der Waals surface area (Å²) >= 11 is 0. The minimum atomic E-state index is -0.0876. The van der Waals surface area contributed by atoms with Gasteiger partial charge in [-0.3, -0.25) is 0 Å². The quantitative estimate of drug-likeness (QED) is 0.180. The highest BCUT2D eigenvalue weighted by atomic mass is 15.0. The van der Waals surface area contributed by atoms with Crippen molar-refractivity contribution in [3.05, 3.63) is 132 Å². The van der Waals surface area contributed by atoms with E-state index < -0.39 is 0 Å². The Kier molecular flexibility index (Phi) is 5.78. The van der Waals surface area contributed by atoms with Gasteiger partial charge in [-0.15, -0.1) is 0 Å². The minimum absolute atomic E-state index is 0.0876. The lowest BCUT2D eigenvalue weighted by Gasteiger charge is -2.27. The number of para-hydroxylation sites is 1. The molecule has 1 aromatic heterocycles. The number of rotatable bonds is 2. The molecule has 218 valence electrons. The molecule has 0 spiro atoms. The highest BCUT2D eigenvalue weighted by molar-refractivity contribution is 6.25. The van der Waals surface area contributed by atoms with E-state index in [1.54, 1.807) is 11.1 Å². The van der Waals surface area contributed by atoms with Gasteiger partial charge in [-0.2, -0.15) is 0 Å². The molecule has 0 atom stereocenters. The van der Waals surface area contributed by atoms with E-state index in [4.69, 9.17) is 0 Å². The van der Waals surface area contributed by atoms with E-state index in [-0.39, 0.29) is 5.54 Å². The van der Waals surface area contributed by atoms with Gasteiger partial charge in [0.1, 0.15) is 0 Å². The van der Waals surface area contributed by atoms with Crippen LogP contribution in [0.3, 0.4) is 0 Å². The van der Waals surface area contributed by atoms with Gasteiger partial charge >= 0.3 is 0 Å². The molecule has 45 heavy (non-hydrogen) atoms. The summed E-state index contributed by atoms with van der Waals surface area (Å²) in [6, 6.07) is 45.8. The summed E-state index contributed by atoms with van der Waals surface area (Å²) in [5.74, 6) is 0. The van der Waals surface area contributed by atoms with Crippen LogP contribution in [0.25, 0.3) is 76.4 Å². The van der Waals surface area contributed by atoms with Crippen molar-refractivity contribution in [1.29, 1.82) is 0 Å². The third-order valence-electron chi connectivity index (χ3n) is 10.2.